The summed E-state index contributed by atoms with van der Waals surface area (Å²) in [7, 11) is 0. The van der Waals surface area contributed by atoms with Crippen LogP contribution in [0.25, 0.3) is 0 Å². The lowest BCUT2D eigenvalue weighted by molar-refractivity contribution is 1.23. The minimum Gasteiger partial charge on any atom is -0.103 e. The summed E-state index contributed by atoms with van der Waals surface area (Å²) in [4.78, 5) is 0. The summed E-state index contributed by atoms with van der Waals surface area (Å²) < 4.78 is -1.08. The van der Waals surface area contributed by atoms with Crippen LogP contribution in [0.4, 0.5) is 0 Å². The van der Waals surface area contributed by atoms with Crippen LogP contribution in [0.2, 0.25) is 0 Å². The number of hydrogen-bond acceptors (Lipinski definition) is 0. The Morgan fingerprint density at radius 1 is 1.44 bits per heavy atom. The van der Waals surface area contributed by atoms with Crippen LogP contribution in [0.1, 0.15) is 20.3 Å². The summed E-state index contributed by atoms with van der Waals surface area (Å²) in [6.07, 6.45) is 2.96. The molecule has 56 valence electrons. The molecule has 0 heterocycles. The van der Waals surface area contributed by atoms with Gasteiger partial charge in [-0.3, -0.25) is 0 Å². The summed E-state index contributed by atoms with van der Waals surface area (Å²) in [6, 6.07) is 0. The van der Waals surface area contributed by atoms with Crippen molar-refractivity contribution in [3.63, 3.8) is 0 Å². The Hall–Kier alpha value is 0.610. The molecule has 0 unspecified atom stereocenters. The van der Waals surface area contributed by atoms with E-state index >= 15 is 0 Å². The molecule has 0 fully saturated rings. The van der Waals surface area contributed by atoms with Crippen molar-refractivity contribution in [1.82, 2.24) is 0 Å². The second-order valence-electron chi connectivity index (χ2n) is 1.48. The standard InChI is InChI=1S/C4H8.C2H3Cl3/c1-3-4-2;1-2(3,4)5/h3H,1,4H2,2H3;1H3. The first kappa shape index (κ1) is 12.3. The highest BCUT2D eigenvalue weighted by molar-refractivity contribution is 6.67. The van der Waals surface area contributed by atoms with Gasteiger partial charge in [0, 0.05) is 0 Å². The third-order valence-electron chi connectivity index (χ3n) is 0.289. The third kappa shape index (κ3) is 145. The van der Waals surface area contributed by atoms with Crippen molar-refractivity contribution in [3.05, 3.63) is 12.7 Å². The van der Waals surface area contributed by atoms with E-state index in [-0.39, 0.29) is 0 Å². The minimum absolute atomic E-state index is 1.08. The van der Waals surface area contributed by atoms with Crippen LogP contribution in [0.3, 0.4) is 0 Å². The smallest absolute Gasteiger partial charge is 0.103 e. The Bertz CT molecular complexity index is 57.2. The number of hydrogen-bond donors (Lipinski definition) is 0. The average molecular weight is 190 g/mol. The van der Waals surface area contributed by atoms with Gasteiger partial charge < -0.3 is 0 Å². The van der Waals surface area contributed by atoms with Gasteiger partial charge in [-0.1, -0.05) is 47.8 Å². The third-order valence-corrected chi connectivity index (χ3v) is 0.289. The van der Waals surface area contributed by atoms with Gasteiger partial charge in [0.05, 0.1) is 0 Å². The molecule has 0 bridgehead atoms. The monoisotopic (exact) mass is 188 g/mol. The topological polar surface area (TPSA) is 0 Å². The zero-order chi connectivity index (χ0) is 7.91. The molecule has 9 heavy (non-hydrogen) atoms. The van der Waals surface area contributed by atoms with Crippen LogP contribution in [-0.4, -0.2) is 3.79 Å². The molecule has 0 spiro atoms. The highest BCUT2D eigenvalue weighted by atomic mass is 35.6. The second kappa shape index (κ2) is 6.73. The number of alkyl halides is 3. The van der Waals surface area contributed by atoms with Crippen LogP contribution < -0.4 is 0 Å². The molecular weight excluding hydrogens is 178 g/mol. The molecule has 0 aliphatic heterocycles. The average Bonchev–Trinajstić information content (AvgIpc) is 1.61. The summed E-state index contributed by atoms with van der Waals surface area (Å²) in [6.45, 7) is 7.03. The lowest BCUT2D eigenvalue weighted by atomic mass is 10.5. The molecule has 0 saturated carbocycles. The van der Waals surface area contributed by atoms with Crippen LogP contribution in [0.5, 0.6) is 0 Å². The Labute approximate surface area is 71.8 Å². The van der Waals surface area contributed by atoms with E-state index in [0.717, 1.165) is 6.42 Å². The first-order chi connectivity index (χ1) is 3.91. The number of allylic oxidation sites excluding steroid dienone is 1. The Kier molecular flexibility index (Phi) is 9.19. The van der Waals surface area contributed by atoms with Gasteiger partial charge >= 0.3 is 0 Å². The molecular formula is C6H11Cl3. The second-order valence-corrected chi connectivity index (χ2v) is 4.33. The van der Waals surface area contributed by atoms with Crippen molar-refractivity contribution >= 4 is 34.8 Å². The molecule has 0 aliphatic rings. The molecule has 0 N–H and O–H groups in total. The summed E-state index contributed by atoms with van der Waals surface area (Å²) in [5.41, 5.74) is 0. The SMILES string of the molecule is C=CCC.CC(Cl)(Cl)Cl. The molecule has 0 aromatic carbocycles. The molecule has 0 aliphatic carbocycles. The maximum absolute atomic E-state index is 5.06. The van der Waals surface area contributed by atoms with Crippen molar-refractivity contribution in [2.45, 2.75) is 24.1 Å². The van der Waals surface area contributed by atoms with E-state index < -0.39 is 3.79 Å². The van der Waals surface area contributed by atoms with Crippen LogP contribution in [0, 0.1) is 0 Å². The minimum atomic E-state index is -1.08. The zero-order valence-electron chi connectivity index (χ0n) is 5.63. The van der Waals surface area contributed by atoms with Gasteiger partial charge in [0.15, 0.2) is 3.79 Å². The lowest BCUT2D eigenvalue weighted by Gasteiger charge is -1.94. The van der Waals surface area contributed by atoms with E-state index in [1.54, 1.807) is 0 Å². The van der Waals surface area contributed by atoms with E-state index in [1.807, 2.05) is 6.08 Å². The predicted octanol–water partition coefficient (Wildman–Crippen LogP) is 3.96. The van der Waals surface area contributed by atoms with E-state index in [0.29, 0.717) is 0 Å². The maximum atomic E-state index is 5.06. The van der Waals surface area contributed by atoms with E-state index in [2.05, 4.69) is 13.5 Å². The van der Waals surface area contributed by atoms with Gasteiger partial charge in [-0.05, 0) is 13.3 Å². The Balaban J connectivity index is 0. The highest BCUT2D eigenvalue weighted by Crippen LogP contribution is 2.23. The van der Waals surface area contributed by atoms with Crippen LogP contribution in [-0.2, 0) is 0 Å². The van der Waals surface area contributed by atoms with Gasteiger partial charge in [0.25, 0.3) is 0 Å². The van der Waals surface area contributed by atoms with Crippen LogP contribution >= 0.6 is 34.8 Å². The molecule has 0 amide bonds. The van der Waals surface area contributed by atoms with Gasteiger partial charge in [-0.25, -0.2) is 0 Å². The molecule has 0 rings (SSSR count). The van der Waals surface area contributed by atoms with Crippen molar-refractivity contribution in [2.75, 3.05) is 0 Å². The molecule has 0 nitrogen and oxygen atoms in total. The van der Waals surface area contributed by atoms with Crippen molar-refractivity contribution < 1.29 is 0 Å². The molecule has 0 aromatic rings. The predicted molar refractivity (Wildman–Crippen MR) is 46.5 cm³/mol. The van der Waals surface area contributed by atoms with Crippen LogP contribution in [0.15, 0.2) is 12.7 Å². The molecule has 3 heteroatoms. The van der Waals surface area contributed by atoms with Crippen molar-refractivity contribution in [2.24, 2.45) is 0 Å². The molecule has 0 saturated heterocycles. The number of halogens is 3. The largest absolute Gasteiger partial charge is 0.187 e. The first-order valence-electron chi connectivity index (χ1n) is 2.59. The van der Waals surface area contributed by atoms with Gasteiger partial charge in [-0.15, -0.1) is 6.58 Å². The molecule has 0 radical (unpaired) electrons. The quantitative estimate of drug-likeness (QED) is 0.433. The molecule has 0 aromatic heterocycles. The van der Waals surface area contributed by atoms with E-state index in [9.17, 15) is 0 Å². The highest BCUT2D eigenvalue weighted by Gasteiger charge is 2.07. The number of rotatable bonds is 1. The zero-order valence-corrected chi connectivity index (χ0v) is 7.89. The summed E-state index contributed by atoms with van der Waals surface area (Å²) in [5, 5.41) is 0. The Morgan fingerprint density at radius 3 is 1.56 bits per heavy atom. The van der Waals surface area contributed by atoms with Gasteiger partial charge in [0.2, 0.25) is 0 Å². The lowest BCUT2D eigenvalue weighted by Crippen LogP contribution is -1.87. The summed E-state index contributed by atoms with van der Waals surface area (Å²) in [5.74, 6) is 0. The fourth-order valence-electron chi connectivity index (χ4n) is 0. The fourth-order valence-corrected chi connectivity index (χ4v) is 0. The van der Waals surface area contributed by atoms with Gasteiger partial charge in [0.1, 0.15) is 0 Å². The van der Waals surface area contributed by atoms with Gasteiger partial charge in [-0.2, -0.15) is 0 Å². The normalized spacial score (nSPS) is 9.44. The van der Waals surface area contributed by atoms with Crippen molar-refractivity contribution in [3.8, 4) is 0 Å². The fraction of sp³-hybridized carbons (Fsp3) is 0.667. The van der Waals surface area contributed by atoms with E-state index in [4.69, 9.17) is 34.8 Å². The Morgan fingerprint density at radius 2 is 1.56 bits per heavy atom. The summed E-state index contributed by atoms with van der Waals surface area (Å²) >= 11 is 15.2. The van der Waals surface area contributed by atoms with E-state index in [1.165, 1.54) is 6.92 Å². The molecule has 0 atom stereocenters. The van der Waals surface area contributed by atoms with Crippen molar-refractivity contribution in [1.29, 1.82) is 0 Å². The first-order valence-corrected chi connectivity index (χ1v) is 3.72. The maximum Gasteiger partial charge on any atom is 0.187 e.